The first-order chi connectivity index (χ1) is 21.3. The molecule has 0 aliphatic heterocycles. The fraction of sp³-hybridized carbons (Fsp3) is 0.0909. The number of nitrogens with two attached hydrogens (primary N) is 1. The summed E-state index contributed by atoms with van der Waals surface area (Å²) in [5, 5.41) is 8.90. The van der Waals surface area contributed by atoms with Crippen molar-refractivity contribution in [3.8, 4) is 16.8 Å². The number of carbonyl (C=O) groups excluding carboxylic acids is 1. The molecule has 0 spiro atoms. The van der Waals surface area contributed by atoms with Crippen molar-refractivity contribution in [3.63, 3.8) is 0 Å². The molecule has 0 bridgehead atoms. The molecule has 9 nitrogen and oxygen atoms in total. The zero-order chi connectivity index (χ0) is 31.0. The van der Waals surface area contributed by atoms with Crippen molar-refractivity contribution < 1.29 is 9.00 Å². The van der Waals surface area contributed by atoms with E-state index in [1.807, 2.05) is 56.3 Å². The molecule has 220 valence electrons. The summed E-state index contributed by atoms with van der Waals surface area (Å²) in [6.07, 6.45) is 4.69. The van der Waals surface area contributed by atoms with E-state index in [0.717, 1.165) is 34.3 Å². The zero-order valence-corrected chi connectivity index (χ0v) is 25.6. The van der Waals surface area contributed by atoms with E-state index in [0.29, 0.717) is 26.8 Å². The molecule has 6 rings (SSSR count). The molecule has 0 aliphatic rings. The van der Waals surface area contributed by atoms with Crippen molar-refractivity contribution in [2.24, 2.45) is 4.99 Å². The maximum atomic E-state index is 14.2. The standard InChI is InChI=1S/C33H28ClN7O2S/c1-4-38-28-12-9-25(16-29(28)36-3)40-33(35)27(19-39-40)32(42)31-15-22-8-7-21(23-13-24(34)18-37-17-23)14-30(22)41(31)44(43)26-10-5-20(2)6-11-26/h5-19,38H,3-4,35H2,1-2H3. The molecule has 44 heavy (non-hydrogen) atoms. The van der Waals surface area contributed by atoms with Gasteiger partial charge >= 0.3 is 0 Å². The molecule has 1 atom stereocenters. The van der Waals surface area contributed by atoms with Crippen LogP contribution in [0.2, 0.25) is 5.02 Å². The van der Waals surface area contributed by atoms with Gasteiger partial charge in [0.2, 0.25) is 5.78 Å². The van der Waals surface area contributed by atoms with Crippen LogP contribution in [0.4, 0.5) is 17.2 Å². The number of rotatable bonds is 9. The molecule has 11 heteroatoms. The highest BCUT2D eigenvalue weighted by Crippen LogP contribution is 2.33. The number of hydrogen-bond donors (Lipinski definition) is 2. The van der Waals surface area contributed by atoms with E-state index in [-0.39, 0.29) is 17.1 Å². The van der Waals surface area contributed by atoms with Crippen molar-refractivity contribution in [3.05, 3.63) is 113 Å². The van der Waals surface area contributed by atoms with Crippen molar-refractivity contribution in [1.29, 1.82) is 0 Å². The number of hydrogen-bond acceptors (Lipinski definition) is 7. The summed E-state index contributed by atoms with van der Waals surface area (Å²) >= 11 is 6.21. The lowest BCUT2D eigenvalue weighted by Gasteiger charge is -2.12. The van der Waals surface area contributed by atoms with Crippen LogP contribution in [0.25, 0.3) is 27.7 Å². The van der Waals surface area contributed by atoms with E-state index in [1.165, 1.54) is 10.9 Å². The lowest BCUT2D eigenvalue weighted by Crippen LogP contribution is -2.15. The number of ketones is 1. The monoisotopic (exact) mass is 621 g/mol. The predicted octanol–water partition coefficient (Wildman–Crippen LogP) is 7.00. The Balaban J connectivity index is 1.48. The van der Waals surface area contributed by atoms with Crippen molar-refractivity contribution >= 4 is 63.2 Å². The van der Waals surface area contributed by atoms with Gasteiger partial charge in [0.25, 0.3) is 0 Å². The van der Waals surface area contributed by atoms with Crippen LogP contribution in [0.5, 0.6) is 0 Å². The SMILES string of the molecule is C=Nc1cc(-n2ncc(C(=O)c3cc4ccc(-c5cncc(Cl)c5)cc4n3S(=O)c3ccc(C)cc3)c2N)ccc1NCC. The number of fused-ring (bicyclic) bond motifs is 1. The number of carbonyl (C=O) groups is 1. The van der Waals surface area contributed by atoms with Gasteiger partial charge in [-0.05, 0) is 74.7 Å². The average Bonchev–Trinajstić information content (AvgIpc) is 3.61. The summed E-state index contributed by atoms with van der Waals surface area (Å²) in [5.74, 6) is -0.271. The van der Waals surface area contributed by atoms with Crippen LogP contribution in [-0.2, 0) is 11.0 Å². The maximum absolute atomic E-state index is 14.2. The molecule has 3 N–H and O–H groups in total. The number of aromatic nitrogens is 4. The van der Waals surface area contributed by atoms with Gasteiger partial charge in [0.1, 0.15) is 11.5 Å². The highest BCUT2D eigenvalue weighted by atomic mass is 35.5. The Hall–Kier alpha value is -5.06. The Morgan fingerprint density at radius 2 is 1.82 bits per heavy atom. The van der Waals surface area contributed by atoms with E-state index in [1.54, 1.807) is 46.7 Å². The summed E-state index contributed by atoms with van der Waals surface area (Å²) in [4.78, 5) is 23.1. The van der Waals surface area contributed by atoms with Crippen LogP contribution in [0.15, 0.2) is 101 Å². The molecular formula is C33H28ClN7O2S. The summed E-state index contributed by atoms with van der Waals surface area (Å²) in [6, 6.07) is 22.1. The zero-order valence-electron chi connectivity index (χ0n) is 24.0. The van der Waals surface area contributed by atoms with Crippen LogP contribution < -0.4 is 11.1 Å². The van der Waals surface area contributed by atoms with E-state index in [4.69, 9.17) is 17.3 Å². The Labute approximate surface area is 261 Å². The van der Waals surface area contributed by atoms with Crippen LogP contribution >= 0.6 is 11.6 Å². The summed E-state index contributed by atoms with van der Waals surface area (Å²) in [5.41, 5.74) is 12.2. The normalized spacial score (nSPS) is 11.9. The minimum atomic E-state index is -1.76. The number of anilines is 2. The van der Waals surface area contributed by atoms with Crippen LogP contribution in [0, 0.1) is 6.92 Å². The Morgan fingerprint density at radius 3 is 2.55 bits per heavy atom. The summed E-state index contributed by atoms with van der Waals surface area (Å²) in [7, 11) is -1.76. The Bertz CT molecular complexity index is 2080. The Morgan fingerprint density at radius 1 is 1.02 bits per heavy atom. The summed E-state index contributed by atoms with van der Waals surface area (Å²) < 4.78 is 17.2. The first kappa shape index (κ1) is 29.0. The average molecular weight is 622 g/mol. The Kier molecular flexibility index (Phi) is 7.86. The molecule has 3 heterocycles. The van der Waals surface area contributed by atoms with Gasteiger partial charge in [-0.25, -0.2) is 8.89 Å². The molecule has 0 saturated heterocycles. The second kappa shape index (κ2) is 11.9. The molecule has 3 aromatic carbocycles. The minimum absolute atomic E-state index is 0.143. The summed E-state index contributed by atoms with van der Waals surface area (Å²) in [6.45, 7) is 8.34. The number of nitrogens with zero attached hydrogens (tertiary/aromatic N) is 5. The number of pyridine rings is 1. The number of halogens is 1. The smallest absolute Gasteiger partial charge is 0.215 e. The fourth-order valence-corrected chi connectivity index (χ4v) is 6.43. The lowest BCUT2D eigenvalue weighted by atomic mass is 10.1. The lowest BCUT2D eigenvalue weighted by molar-refractivity contribution is 0.103. The molecule has 1 unspecified atom stereocenters. The van der Waals surface area contributed by atoms with Crippen molar-refractivity contribution in [2.45, 2.75) is 18.7 Å². The molecule has 0 amide bonds. The largest absolute Gasteiger partial charge is 0.384 e. The van der Waals surface area contributed by atoms with Gasteiger partial charge in [0, 0.05) is 29.9 Å². The molecule has 0 saturated carbocycles. The van der Waals surface area contributed by atoms with Crippen LogP contribution in [0.1, 0.15) is 28.5 Å². The van der Waals surface area contributed by atoms with Gasteiger partial charge in [0.15, 0.2) is 11.0 Å². The van der Waals surface area contributed by atoms with Crippen molar-refractivity contribution in [1.82, 2.24) is 18.7 Å². The third kappa shape index (κ3) is 5.29. The van der Waals surface area contributed by atoms with E-state index in [2.05, 4.69) is 27.1 Å². The predicted molar refractivity (Wildman–Crippen MR) is 178 cm³/mol. The second-order valence-corrected chi connectivity index (χ2v) is 11.9. The van der Waals surface area contributed by atoms with E-state index >= 15 is 0 Å². The third-order valence-corrected chi connectivity index (χ3v) is 8.84. The first-order valence-corrected chi connectivity index (χ1v) is 15.3. The number of aryl methyl sites for hydroxylation is 1. The van der Waals surface area contributed by atoms with E-state index in [9.17, 15) is 9.00 Å². The number of nitrogens with one attached hydrogen (secondary N) is 1. The second-order valence-electron chi connectivity index (χ2n) is 10.1. The van der Waals surface area contributed by atoms with Gasteiger partial charge in [-0.1, -0.05) is 41.4 Å². The number of aliphatic imine (C=N–C) groups is 1. The number of benzene rings is 3. The molecule has 0 fully saturated rings. The first-order valence-electron chi connectivity index (χ1n) is 13.8. The molecular weight excluding hydrogens is 594 g/mol. The molecule has 3 aromatic heterocycles. The highest BCUT2D eigenvalue weighted by Gasteiger charge is 2.26. The fourth-order valence-electron chi connectivity index (χ4n) is 5.02. The third-order valence-electron chi connectivity index (χ3n) is 7.23. The van der Waals surface area contributed by atoms with Crippen LogP contribution in [0.3, 0.4) is 0 Å². The molecule has 0 aliphatic carbocycles. The van der Waals surface area contributed by atoms with Crippen molar-refractivity contribution in [2.75, 3.05) is 17.6 Å². The van der Waals surface area contributed by atoms with Gasteiger partial charge in [-0.15, -0.1) is 0 Å². The molecule has 6 aromatic rings. The van der Waals surface area contributed by atoms with E-state index < -0.39 is 16.8 Å². The topological polar surface area (TPSA) is 120 Å². The number of nitrogen functional groups attached to an aromatic ring is 1. The maximum Gasteiger partial charge on any atom is 0.215 e. The highest BCUT2D eigenvalue weighted by molar-refractivity contribution is 7.83. The quantitative estimate of drug-likeness (QED) is 0.132. The van der Waals surface area contributed by atoms with Crippen LogP contribution in [-0.4, -0.2) is 42.0 Å². The van der Waals surface area contributed by atoms with Gasteiger partial charge in [-0.3, -0.25) is 18.7 Å². The van der Waals surface area contributed by atoms with Gasteiger partial charge in [-0.2, -0.15) is 5.10 Å². The van der Waals surface area contributed by atoms with Gasteiger partial charge < -0.3 is 11.1 Å². The van der Waals surface area contributed by atoms with Gasteiger partial charge in [0.05, 0.1) is 44.3 Å². The molecule has 0 radical (unpaired) electrons. The minimum Gasteiger partial charge on any atom is -0.384 e.